The minimum atomic E-state index is -1.16. The molecular weight excluding hydrogens is 190 g/mol. The van der Waals surface area contributed by atoms with E-state index < -0.39 is 30.0 Å². The normalized spacial score (nSPS) is 13.9. The van der Waals surface area contributed by atoms with Gasteiger partial charge in [-0.25, -0.2) is 4.79 Å². The summed E-state index contributed by atoms with van der Waals surface area (Å²) in [5.74, 6) is -1.85. The van der Waals surface area contributed by atoms with E-state index in [-0.39, 0.29) is 0 Å². The first-order valence-electron chi connectivity index (χ1n) is 3.93. The molecule has 5 N–H and O–H groups in total. The largest absolute Gasteiger partial charge is 0.480 e. The Morgan fingerprint density at radius 2 is 1.57 bits per heavy atom. The van der Waals surface area contributed by atoms with Crippen LogP contribution in [0.5, 0.6) is 0 Å². The average Bonchev–Trinajstić information content (AvgIpc) is 2.03. The van der Waals surface area contributed by atoms with Crippen molar-refractivity contribution >= 4 is 17.9 Å². The fourth-order valence-electron chi connectivity index (χ4n) is 0.568. The first-order valence-corrected chi connectivity index (χ1v) is 3.93. The Labute approximate surface area is 80.6 Å². The molecule has 7 nitrogen and oxygen atoms in total. The van der Waals surface area contributed by atoms with Crippen LogP contribution >= 0.6 is 0 Å². The molecule has 0 aromatic heterocycles. The summed E-state index contributed by atoms with van der Waals surface area (Å²) in [5, 5.41) is 12.7. The lowest BCUT2D eigenvalue weighted by Crippen LogP contribution is -2.50. The predicted octanol–water partition coefficient (Wildman–Crippen LogP) is -1.37. The molecule has 3 amide bonds. The Kier molecular flexibility index (Phi) is 4.41. The van der Waals surface area contributed by atoms with E-state index in [1.165, 1.54) is 13.8 Å². The summed E-state index contributed by atoms with van der Waals surface area (Å²) in [7, 11) is 0. The maximum atomic E-state index is 11.0. The van der Waals surface area contributed by atoms with Gasteiger partial charge in [0.1, 0.15) is 12.1 Å². The number of rotatable bonds is 4. The number of amides is 3. The van der Waals surface area contributed by atoms with Crippen LogP contribution in [-0.4, -0.2) is 35.1 Å². The third kappa shape index (κ3) is 4.29. The van der Waals surface area contributed by atoms with E-state index in [1.807, 2.05) is 0 Å². The van der Waals surface area contributed by atoms with Crippen LogP contribution in [0, 0.1) is 0 Å². The van der Waals surface area contributed by atoms with E-state index in [1.54, 1.807) is 0 Å². The van der Waals surface area contributed by atoms with Gasteiger partial charge in [-0.15, -0.1) is 0 Å². The smallest absolute Gasteiger partial charge is 0.325 e. The summed E-state index contributed by atoms with van der Waals surface area (Å²) < 4.78 is 0. The van der Waals surface area contributed by atoms with Crippen molar-refractivity contribution < 1.29 is 19.5 Å². The topological polar surface area (TPSA) is 122 Å². The third-order valence-electron chi connectivity index (χ3n) is 1.49. The van der Waals surface area contributed by atoms with E-state index in [2.05, 4.69) is 10.6 Å². The summed E-state index contributed by atoms with van der Waals surface area (Å²) in [6, 6.07) is -2.60. The molecule has 0 aromatic carbocycles. The number of carbonyl (C=O) groups is 3. The quantitative estimate of drug-likeness (QED) is 0.450. The number of nitrogens with one attached hydrogen (secondary N) is 2. The van der Waals surface area contributed by atoms with Crippen LogP contribution in [0.3, 0.4) is 0 Å². The zero-order valence-corrected chi connectivity index (χ0v) is 7.90. The van der Waals surface area contributed by atoms with Crippen LogP contribution < -0.4 is 16.4 Å². The predicted molar refractivity (Wildman–Crippen MR) is 47.4 cm³/mol. The summed E-state index contributed by atoms with van der Waals surface area (Å²) in [6.45, 7) is 2.70. The molecule has 0 fully saturated rings. The van der Waals surface area contributed by atoms with Crippen LogP contribution in [0.2, 0.25) is 0 Å². The molecule has 0 heterocycles. The molecule has 0 aliphatic heterocycles. The summed E-state index contributed by atoms with van der Waals surface area (Å²) in [5.41, 5.74) is 4.88. The van der Waals surface area contributed by atoms with Gasteiger partial charge in [-0.3, -0.25) is 9.59 Å². The lowest BCUT2D eigenvalue weighted by Gasteiger charge is -2.13. The molecule has 0 aromatic rings. The van der Waals surface area contributed by atoms with Gasteiger partial charge in [0.15, 0.2) is 0 Å². The number of aliphatic carboxylic acids is 1. The number of nitrogens with two attached hydrogens (primary N) is 1. The zero-order chi connectivity index (χ0) is 11.3. The second-order valence-electron chi connectivity index (χ2n) is 2.80. The summed E-state index contributed by atoms with van der Waals surface area (Å²) in [6.07, 6.45) is 0. The number of urea groups is 1. The SMILES string of the molecule is CC(NC(=O)N[C@H](C)C(=O)O)C(N)=O. The highest BCUT2D eigenvalue weighted by Crippen LogP contribution is 1.83. The minimum absolute atomic E-state index is 0.692. The lowest BCUT2D eigenvalue weighted by molar-refractivity contribution is -0.138. The molecule has 0 aliphatic rings. The number of hydrogen-bond donors (Lipinski definition) is 4. The monoisotopic (exact) mass is 203 g/mol. The Bertz CT molecular complexity index is 229. The highest BCUT2D eigenvalue weighted by Gasteiger charge is 2.16. The molecule has 0 radical (unpaired) electrons. The van der Waals surface area contributed by atoms with Crippen molar-refractivity contribution in [3.63, 3.8) is 0 Å². The molecule has 80 valence electrons. The van der Waals surface area contributed by atoms with Gasteiger partial charge in [0.2, 0.25) is 5.91 Å². The molecule has 14 heavy (non-hydrogen) atoms. The van der Waals surface area contributed by atoms with Crippen LogP contribution in [0.4, 0.5) is 4.79 Å². The molecular formula is C7H13N3O4. The second-order valence-corrected chi connectivity index (χ2v) is 2.80. The van der Waals surface area contributed by atoms with Gasteiger partial charge in [0.25, 0.3) is 0 Å². The van der Waals surface area contributed by atoms with E-state index in [9.17, 15) is 14.4 Å². The summed E-state index contributed by atoms with van der Waals surface area (Å²) >= 11 is 0. The van der Waals surface area contributed by atoms with Gasteiger partial charge in [0, 0.05) is 0 Å². The van der Waals surface area contributed by atoms with Gasteiger partial charge >= 0.3 is 12.0 Å². The van der Waals surface area contributed by atoms with Crippen LogP contribution in [0.1, 0.15) is 13.8 Å². The van der Waals surface area contributed by atoms with Crippen molar-refractivity contribution in [3.05, 3.63) is 0 Å². The van der Waals surface area contributed by atoms with Crippen molar-refractivity contribution in [2.45, 2.75) is 25.9 Å². The second kappa shape index (κ2) is 5.05. The summed E-state index contributed by atoms with van der Waals surface area (Å²) in [4.78, 5) is 31.8. The molecule has 0 bridgehead atoms. The lowest BCUT2D eigenvalue weighted by atomic mass is 10.3. The molecule has 7 heteroatoms. The number of carboxylic acid groups (broad SMARTS) is 1. The average molecular weight is 203 g/mol. The van der Waals surface area contributed by atoms with Crippen molar-refractivity contribution in [2.75, 3.05) is 0 Å². The minimum Gasteiger partial charge on any atom is -0.480 e. The highest BCUT2D eigenvalue weighted by molar-refractivity contribution is 5.87. The third-order valence-corrected chi connectivity index (χ3v) is 1.49. The molecule has 0 spiro atoms. The number of hydrogen-bond acceptors (Lipinski definition) is 3. The first-order chi connectivity index (χ1) is 6.34. The number of carbonyl (C=O) groups excluding carboxylic acids is 2. The van der Waals surface area contributed by atoms with Crippen LogP contribution in [0.25, 0.3) is 0 Å². The van der Waals surface area contributed by atoms with Crippen molar-refractivity contribution in [2.24, 2.45) is 5.73 Å². The van der Waals surface area contributed by atoms with Crippen molar-refractivity contribution in [1.29, 1.82) is 0 Å². The van der Waals surface area contributed by atoms with Gasteiger partial charge in [0.05, 0.1) is 0 Å². The van der Waals surface area contributed by atoms with E-state index >= 15 is 0 Å². The maximum absolute atomic E-state index is 11.0. The van der Waals surface area contributed by atoms with E-state index in [0.29, 0.717) is 0 Å². The number of primary amides is 1. The van der Waals surface area contributed by atoms with Gasteiger partial charge in [-0.1, -0.05) is 0 Å². The molecule has 0 aliphatic carbocycles. The molecule has 0 rings (SSSR count). The molecule has 0 saturated carbocycles. The van der Waals surface area contributed by atoms with Crippen molar-refractivity contribution in [1.82, 2.24) is 10.6 Å². The van der Waals surface area contributed by atoms with Gasteiger partial charge < -0.3 is 21.5 Å². The van der Waals surface area contributed by atoms with Crippen LogP contribution in [0.15, 0.2) is 0 Å². The fourth-order valence-corrected chi connectivity index (χ4v) is 0.568. The molecule has 2 atom stereocenters. The number of carboxylic acids is 1. The molecule has 0 saturated heterocycles. The van der Waals surface area contributed by atoms with Crippen molar-refractivity contribution in [3.8, 4) is 0 Å². The Morgan fingerprint density at radius 3 is 1.93 bits per heavy atom. The maximum Gasteiger partial charge on any atom is 0.325 e. The fraction of sp³-hybridized carbons (Fsp3) is 0.571. The van der Waals surface area contributed by atoms with Gasteiger partial charge in [-0.2, -0.15) is 0 Å². The van der Waals surface area contributed by atoms with E-state index in [0.717, 1.165) is 0 Å². The Hall–Kier alpha value is -1.79. The Balaban J connectivity index is 3.99. The Morgan fingerprint density at radius 1 is 1.14 bits per heavy atom. The standard InChI is InChI=1S/C7H13N3O4/c1-3(5(8)11)9-7(14)10-4(2)6(12)13/h3-4H,1-2H3,(H2,8,11)(H,12,13)(H2,9,10,14)/t3?,4-/m1/s1. The highest BCUT2D eigenvalue weighted by atomic mass is 16.4. The molecule has 1 unspecified atom stereocenters. The van der Waals surface area contributed by atoms with E-state index in [4.69, 9.17) is 10.8 Å². The first kappa shape index (κ1) is 12.2. The van der Waals surface area contributed by atoms with Crippen LogP contribution in [-0.2, 0) is 9.59 Å². The zero-order valence-electron chi connectivity index (χ0n) is 7.90. The van der Waals surface area contributed by atoms with Gasteiger partial charge in [-0.05, 0) is 13.8 Å².